The van der Waals surface area contributed by atoms with Gasteiger partial charge in [0.1, 0.15) is 5.75 Å². The maximum atomic E-state index is 13.1. The summed E-state index contributed by atoms with van der Waals surface area (Å²) in [7, 11) is -2.32. The first-order chi connectivity index (χ1) is 17.7. The lowest BCUT2D eigenvalue weighted by Gasteiger charge is -2.32. The zero-order valence-electron chi connectivity index (χ0n) is 21.0. The van der Waals surface area contributed by atoms with Gasteiger partial charge in [0.15, 0.2) is 0 Å². The van der Waals surface area contributed by atoms with Crippen molar-refractivity contribution >= 4 is 38.1 Å². The molecule has 0 aliphatic carbocycles. The van der Waals surface area contributed by atoms with Crippen molar-refractivity contribution in [2.24, 2.45) is 0 Å². The van der Waals surface area contributed by atoms with E-state index >= 15 is 0 Å². The maximum absolute atomic E-state index is 13.1. The van der Waals surface area contributed by atoms with E-state index in [1.807, 2.05) is 68.4 Å². The second kappa shape index (κ2) is 10.9. The molecule has 2 N–H and O–H groups in total. The number of anilines is 2. The van der Waals surface area contributed by atoms with Crippen molar-refractivity contribution in [1.29, 1.82) is 0 Å². The van der Waals surface area contributed by atoms with Gasteiger partial charge >= 0.3 is 5.97 Å². The van der Waals surface area contributed by atoms with E-state index in [-0.39, 0.29) is 17.4 Å². The number of benzene rings is 4. The predicted octanol–water partition coefficient (Wildman–Crippen LogP) is 5.83. The molecule has 4 aromatic rings. The second-order valence-electron chi connectivity index (χ2n) is 9.02. The zero-order chi connectivity index (χ0) is 26.6. The molecule has 0 saturated heterocycles. The van der Waals surface area contributed by atoms with E-state index in [0.717, 1.165) is 22.2 Å². The lowest BCUT2D eigenvalue weighted by molar-refractivity contribution is -0.137. The Morgan fingerprint density at radius 1 is 0.946 bits per heavy atom. The third kappa shape index (κ3) is 6.03. The van der Waals surface area contributed by atoms with Gasteiger partial charge in [-0.05, 0) is 55.8 Å². The van der Waals surface area contributed by atoms with E-state index in [1.165, 1.54) is 19.2 Å². The van der Waals surface area contributed by atoms with E-state index < -0.39 is 16.0 Å². The van der Waals surface area contributed by atoms with E-state index in [4.69, 9.17) is 4.74 Å². The van der Waals surface area contributed by atoms with E-state index in [2.05, 4.69) is 9.62 Å². The molecule has 0 spiro atoms. The van der Waals surface area contributed by atoms with Gasteiger partial charge in [0.05, 0.1) is 24.1 Å². The number of carboxylic acid groups (broad SMARTS) is 1. The highest BCUT2D eigenvalue weighted by Gasteiger charge is 2.22. The highest BCUT2D eigenvalue weighted by Crippen LogP contribution is 2.35. The van der Waals surface area contributed by atoms with Gasteiger partial charge in [-0.15, -0.1) is 0 Å². The van der Waals surface area contributed by atoms with E-state index in [9.17, 15) is 18.3 Å². The number of carbonyl (C=O) groups is 1. The molecule has 0 aliphatic rings. The summed E-state index contributed by atoms with van der Waals surface area (Å²) in [6, 6.07) is 25.1. The summed E-state index contributed by atoms with van der Waals surface area (Å²) >= 11 is 0. The summed E-state index contributed by atoms with van der Waals surface area (Å²) in [5, 5.41) is 11.0. The normalized spacial score (nSPS) is 12.2. The molecule has 0 saturated carbocycles. The number of ether oxygens (including phenoxy) is 1. The lowest BCUT2D eigenvalue weighted by atomic mass is 10.0. The standard InChI is InChI=1S/C29H30N2O5S/c1-20-8-10-22(11-9-20)19-31(21(2)18-29(32)33)28-17-16-27(25-6-4-5-7-26(25)28)30-37(34,35)24-14-12-23(36-3)13-15-24/h4-17,21,30H,18-19H2,1-3H3,(H,32,33). The van der Waals surface area contributed by atoms with Crippen LogP contribution in [-0.2, 0) is 21.4 Å². The molecule has 1 atom stereocenters. The summed E-state index contributed by atoms with van der Waals surface area (Å²) in [6.45, 7) is 4.42. The van der Waals surface area contributed by atoms with Crippen molar-refractivity contribution < 1.29 is 23.1 Å². The highest BCUT2D eigenvalue weighted by atomic mass is 32.2. The highest BCUT2D eigenvalue weighted by molar-refractivity contribution is 7.92. The first-order valence-corrected chi connectivity index (χ1v) is 13.4. The van der Waals surface area contributed by atoms with Crippen LogP contribution < -0.4 is 14.4 Å². The number of rotatable bonds is 10. The molecule has 8 heteroatoms. The van der Waals surface area contributed by atoms with Crippen LogP contribution >= 0.6 is 0 Å². The van der Waals surface area contributed by atoms with Gasteiger partial charge < -0.3 is 14.7 Å². The lowest BCUT2D eigenvalue weighted by Crippen LogP contribution is -2.34. The van der Waals surface area contributed by atoms with Crippen molar-refractivity contribution in [3.63, 3.8) is 0 Å². The number of nitrogens with one attached hydrogen (secondary N) is 1. The molecular formula is C29H30N2O5S. The Labute approximate surface area is 217 Å². The molecule has 4 rings (SSSR count). The molecule has 0 fully saturated rings. The predicted molar refractivity (Wildman–Crippen MR) is 147 cm³/mol. The number of carboxylic acids is 1. The van der Waals surface area contributed by atoms with Crippen molar-refractivity contribution in [1.82, 2.24) is 0 Å². The first-order valence-electron chi connectivity index (χ1n) is 11.9. The Hall–Kier alpha value is -4.04. The number of hydrogen-bond donors (Lipinski definition) is 2. The van der Waals surface area contributed by atoms with Crippen LogP contribution in [0.15, 0.2) is 89.8 Å². The fourth-order valence-electron chi connectivity index (χ4n) is 4.31. The molecule has 4 aromatic carbocycles. The summed E-state index contributed by atoms with van der Waals surface area (Å²) < 4.78 is 34.1. The molecular weight excluding hydrogens is 488 g/mol. The largest absolute Gasteiger partial charge is 0.497 e. The van der Waals surface area contributed by atoms with Crippen LogP contribution in [0.3, 0.4) is 0 Å². The minimum Gasteiger partial charge on any atom is -0.497 e. The first kappa shape index (κ1) is 26.0. The summed E-state index contributed by atoms with van der Waals surface area (Å²) in [5.74, 6) is -0.313. The van der Waals surface area contributed by atoms with Crippen LogP contribution in [-0.4, -0.2) is 32.6 Å². The Bertz CT molecular complexity index is 1500. The molecule has 0 amide bonds. The zero-order valence-corrected chi connectivity index (χ0v) is 21.8. The van der Waals surface area contributed by atoms with Gasteiger partial charge in [0.25, 0.3) is 10.0 Å². The molecule has 0 aliphatic heterocycles. The van der Waals surface area contributed by atoms with Crippen LogP contribution in [0.5, 0.6) is 5.75 Å². The van der Waals surface area contributed by atoms with Crippen LogP contribution in [0.25, 0.3) is 10.8 Å². The summed E-state index contributed by atoms with van der Waals surface area (Å²) in [5.41, 5.74) is 3.47. The van der Waals surface area contributed by atoms with Crippen LogP contribution in [0, 0.1) is 6.92 Å². The quantitative estimate of drug-likeness (QED) is 0.274. The fraction of sp³-hybridized carbons (Fsp3) is 0.207. The van der Waals surface area contributed by atoms with Crippen LogP contribution in [0.1, 0.15) is 24.5 Å². The molecule has 0 heterocycles. The van der Waals surface area contributed by atoms with Gasteiger partial charge in [-0.1, -0.05) is 54.1 Å². The van der Waals surface area contributed by atoms with Crippen LogP contribution in [0.4, 0.5) is 11.4 Å². The van der Waals surface area contributed by atoms with Crippen molar-refractivity contribution in [2.45, 2.75) is 37.8 Å². The molecule has 0 radical (unpaired) electrons. The molecule has 192 valence electrons. The Balaban J connectivity index is 1.75. The Kier molecular flexibility index (Phi) is 7.69. The maximum Gasteiger partial charge on any atom is 0.305 e. The second-order valence-corrected chi connectivity index (χ2v) is 10.7. The Morgan fingerprint density at radius 3 is 2.22 bits per heavy atom. The number of aryl methyl sites for hydroxylation is 1. The summed E-state index contributed by atoms with van der Waals surface area (Å²) in [4.78, 5) is 13.8. The minimum absolute atomic E-state index is 0.0357. The van der Waals surface area contributed by atoms with E-state index in [1.54, 1.807) is 18.2 Å². The van der Waals surface area contributed by atoms with Crippen LogP contribution in [0.2, 0.25) is 0 Å². The van der Waals surface area contributed by atoms with Gasteiger partial charge in [0, 0.05) is 29.0 Å². The topological polar surface area (TPSA) is 95.9 Å². The smallest absolute Gasteiger partial charge is 0.305 e. The molecule has 0 bridgehead atoms. The third-order valence-corrected chi connectivity index (χ3v) is 7.68. The number of methoxy groups -OCH3 is 1. The van der Waals surface area contributed by atoms with Gasteiger partial charge in [-0.3, -0.25) is 9.52 Å². The molecule has 7 nitrogen and oxygen atoms in total. The summed E-state index contributed by atoms with van der Waals surface area (Å²) in [6.07, 6.45) is -0.0357. The molecule has 37 heavy (non-hydrogen) atoms. The number of aliphatic carboxylic acids is 1. The van der Waals surface area contributed by atoms with Crippen molar-refractivity contribution in [3.05, 3.63) is 96.1 Å². The van der Waals surface area contributed by atoms with Gasteiger partial charge in [0.2, 0.25) is 0 Å². The average Bonchev–Trinajstić information content (AvgIpc) is 2.88. The monoisotopic (exact) mass is 518 g/mol. The van der Waals surface area contributed by atoms with Gasteiger partial charge in [-0.25, -0.2) is 8.42 Å². The third-order valence-electron chi connectivity index (χ3n) is 6.30. The number of sulfonamides is 1. The minimum atomic E-state index is -3.84. The number of fused-ring (bicyclic) bond motifs is 1. The molecule has 1 unspecified atom stereocenters. The number of nitrogens with zero attached hydrogens (tertiary/aromatic N) is 1. The van der Waals surface area contributed by atoms with Crippen molar-refractivity contribution in [2.75, 3.05) is 16.7 Å². The van der Waals surface area contributed by atoms with Crippen molar-refractivity contribution in [3.8, 4) is 5.75 Å². The van der Waals surface area contributed by atoms with E-state index in [0.29, 0.717) is 23.4 Å². The fourth-order valence-corrected chi connectivity index (χ4v) is 5.39. The van der Waals surface area contributed by atoms with Gasteiger partial charge in [-0.2, -0.15) is 0 Å². The number of hydrogen-bond acceptors (Lipinski definition) is 5. The molecule has 0 aromatic heterocycles. The average molecular weight is 519 g/mol. The SMILES string of the molecule is COc1ccc(S(=O)(=O)Nc2ccc(N(Cc3ccc(C)cc3)C(C)CC(=O)O)c3ccccc23)cc1. The Morgan fingerprint density at radius 2 is 1.59 bits per heavy atom.